The van der Waals surface area contributed by atoms with E-state index < -0.39 is 11.8 Å². The fourth-order valence-electron chi connectivity index (χ4n) is 2.65. The van der Waals surface area contributed by atoms with Gasteiger partial charge in [-0.3, -0.25) is 0 Å². The predicted octanol–water partition coefficient (Wildman–Crippen LogP) is 3.49. The lowest BCUT2D eigenvalue weighted by Crippen LogP contribution is -2.40. The molecule has 0 aromatic heterocycles. The topological polar surface area (TPSA) is 52.6 Å². The van der Waals surface area contributed by atoms with Crippen LogP contribution in [0.5, 0.6) is 0 Å². The maximum atomic E-state index is 13.7. The molecular formula is C15H20ClFN2O2. The third-order valence-corrected chi connectivity index (χ3v) is 4.21. The second-order valence-corrected chi connectivity index (χ2v) is 5.93. The number of benzene rings is 1. The van der Waals surface area contributed by atoms with Crippen molar-refractivity contribution in [3.63, 3.8) is 0 Å². The number of nitrogens with zero attached hydrogens (tertiary/aromatic N) is 1. The van der Waals surface area contributed by atoms with Gasteiger partial charge in [0.15, 0.2) is 5.82 Å². The van der Waals surface area contributed by atoms with Crippen LogP contribution in [0.25, 0.3) is 0 Å². The van der Waals surface area contributed by atoms with Gasteiger partial charge in [-0.1, -0.05) is 30.5 Å². The Morgan fingerprint density at radius 1 is 1.48 bits per heavy atom. The Morgan fingerprint density at radius 3 is 2.90 bits per heavy atom. The summed E-state index contributed by atoms with van der Waals surface area (Å²) in [5, 5.41) is 12.4. The molecular weight excluding hydrogens is 295 g/mol. The molecule has 1 aliphatic rings. The van der Waals surface area contributed by atoms with E-state index >= 15 is 0 Å². The Bertz CT molecular complexity index is 512. The quantitative estimate of drug-likeness (QED) is 0.897. The highest BCUT2D eigenvalue weighted by Crippen LogP contribution is 2.25. The smallest absolute Gasteiger partial charge is 0.321 e. The summed E-state index contributed by atoms with van der Waals surface area (Å²) in [5.74, 6) is -0.558. The highest BCUT2D eigenvalue weighted by Gasteiger charge is 2.25. The van der Waals surface area contributed by atoms with Gasteiger partial charge in [0.25, 0.3) is 0 Å². The molecule has 2 unspecified atom stereocenters. The average molecular weight is 315 g/mol. The van der Waals surface area contributed by atoms with Crippen LogP contribution in [0.2, 0.25) is 5.02 Å². The number of halogens is 2. The largest absolute Gasteiger partial charge is 0.393 e. The van der Waals surface area contributed by atoms with E-state index in [4.69, 9.17) is 11.6 Å². The number of hydrogen-bond donors (Lipinski definition) is 2. The van der Waals surface area contributed by atoms with Gasteiger partial charge in [-0.05, 0) is 25.0 Å². The molecule has 1 aromatic carbocycles. The summed E-state index contributed by atoms with van der Waals surface area (Å²) >= 11 is 5.68. The standard InChI is InChI=1S/C15H20ClFN2O2/c1-19(9-10-5-2-3-8-13(10)20)15(21)18-12-7-4-6-11(16)14(12)17/h4,6-7,10,13,20H,2-3,5,8-9H2,1H3,(H,18,21). The minimum atomic E-state index is -0.640. The van der Waals surface area contributed by atoms with Gasteiger partial charge in [0.05, 0.1) is 16.8 Å². The lowest BCUT2D eigenvalue weighted by atomic mass is 9.86. The molecule has 1 saturated carbocycles. The molecule has 116 valence electrons. The molecule has 2 amide bonds. The first-order valence-electron chi connectivity index (χ1n) is 7.13. The Morgan fingerprint density at radius 2 is 2.19 bits per heavy atom. The molecule has 1 aliphatic carbocycles. The summed E-state index contributed by atoms with van der Waals surface area (Å²) in [7, 11) is 1.64. The van der Waals surface area contributed by atoms with Crippen LogP contribution in [0.3, 0.4) is 0 Å². The van der Waals surface area contributed by atoms with Crippen molar-refractivity contribution in [3.8, 4) is 0 Å². The first kappa shape index (κ1) is 16.0. The minimum absolute atomic E-state index is 0.0295. The van der Waals surface area contributed by atoms with Crippen molar-refractivity contribution in [2.24, 2.45) is 5.92 Å². The lowest BCUT2D eigenvalue weighted by molar-refractivity contribution is 0.0575. The summed E-state index contributed by atoms with van der Waals surface area (Å²) in [6.07, 6.45) is 3.42. The molecule has 6 heteroatoms. The fourth-order valence-corrected chi connectivity index (χ4v) is 2.82. The number of aliphatic hydroxyl groups excluding tert-OH is 1. The molecule has 0 spiro atoms. The number of aliphatic hydroxyl groups is 1. The molecule has 2 rings (SSSR count). The second kappa shape index (κ2) is 7.09. The maximum absolute atomic E-state index is 13.7. The van der Waals surface area contributed by atoms with E-state index in [1.165, 1.54) is 17.0 Å². The molecule has 1 fully saturated rings. The van der Waals surface area contributed by atoms with E-state index in [2.05, 4.69) is 5.32 Å². The third-order valence-electron chi connectivity index (χ3n) is 3.92. The number of anilines is 1. The van der Waals surface area contributed by atoms with Crippen LogP contribution in [0, 0.1) is 11.7 Å². The molecule has 0 heterocycles. The molecule has 2 atom stereocenters. The van der Waals surface area contributed by atoms with E-state index in [-0.39, 0.29) is 22.7 Å². The molecule has 21 heavy (non-hydrogen) atoms. The number of rotatable bonds is 3. The Labute approximate surface area is 128 Å². The van der Waals surface area contributed by atoms with Crippen molar-refractivity contribution in [1.29, 1.82) is 0 Å². The molecule has 4 nitrogen and oxygen atoms in total. The molecule has 0 saturated heterocycles. The molecule has 0 bridgehead atoms. The molecule has 0 aliphatic heterocycles. The van der Waals surface area contributed by atoms with Gasteiger partial charge in [-0.2, -0.15) is 0 Å². The normalized spacial score (nSPS) is 21.9. The highest BCUT2D eigenvalue weighted by atomic mass is 35.5. The van der Waals surface area contributed by atoms with Crippen LogP contribution in [0.1, 0.15) is 25.7 Å². The van der Waals surface area contributed by atoms with Crippen LogP contribution >= 0.6 is 11.6 Å². The second-order valence-electron chi connectivity index (χ2n) is 5.52. The predicted molar refractivity (Wildman–Crippen MR) is 81.0 cm³/mol. The van der Waals surface area contributed by atoms with Gasteiger partial charge in [0.1, 0.15) is 0 Å². The zero-order valence-corrected chi connectivity index (χ0v) is 12.7. The first-order chi connectivity index (χ1) is 9.99. The van der Waals surface area contributed by atoms with E-state index in [1.807, 2.05) is 0 Å². The lowest BCUT2D eigenvalue weighted by Gasteiger charge is -2.31. The van der Waals surface area contributed by atoms with Gasteiger partial charge in [-0.15, -0.1) is 0 Å². The van der Waals surface area contributed by atoms with Crippen molar-refractivity contribution in [2.75, 3.05) is 18.9 Å². The number of carbonyl (C=O) groups is 1. The number of carbonyl (C=O) groups excluding carboxylic acids is 1. The highest BCUT2D eigenvalue weighted by molar-refractivity contribution is 6.31. The Balaban J connectivity index is 1.94. The van der Waals surface area contributed by atoms with Crippen molar-refractivity contribution >= 4 is 23.3 Å². The van der Waals surface area contributed by atoms with Gasteiger partial charge < -0.3 is 15.3 Å². The number of hydrogen-bond acceptors (Lipinski definition) is 2. The van der Waals surface area contributed by atoms with Gasteiger partial charge in [0, 0.05) is 19.5 Å². The SMILES string of the molecule is CN(CC1CCCCC1O)C(=O)Nc1cccc(Cl)c1F. The summed E-state index contributed by atoms with van der Waals surface area (Å²) in [5.41, 5.74) is 0.0588. The van der Waals surface area contributed by atoms with Crippen LogP contribution < -0.4 is 5.32 Å². The summed E-state index contributed by atoms with van der Waals surface area (Å²) in [6.45, 7) is 0.454. The van der Waals surface area contributed by atoms with E-state index in [0.717, 1.165) is 25.7 Å². The summed E-state index contributed by atoms with van der Waals surface area (Å²) < 4.78 is 13.7. The maximum Gasteiger partial charge on any atom is 0.321 e. The van der Waals surface area contributed by atoms with E-state index in [9.17, 15) is 14.3 Å². The number of nitrogens with one attached hydrogen (secondary N) is 1. The van der Waals surface area contributed by atoms with Crippen LogP contribution in [0.4, 0.5) is 14.9 Å². The van der Waals surface area contributed by atoms with E-state index in [1.54, 1.807) is 13.1 Å². The summed E-state index contributed by atoms with van der Waals surface area (Å²) in [6, 6.07) is 4.05. The number of amides is 2. The average Bonchev–Trinajstić information content (AvgIpc) is 2.46. The van der Waals surface area contributed by atoms with E-state index in [0.29, 0.717) is 6.54 Å². The van der Waals surface area contributed by atoms with Crippen molar-refractivity contribution in [1.82, 2.24) is 4.90 Å². The first-order valence-corrected chi connectivity index (χ1v) is 7.51. The van der Waals surface area contributed by atoms with Gasteiger partial charge in [0.2, 0.25) is 0 Å². The Hall–Kier alpha value is -1.33. The third kappa shape index (κ3) is 4.08. The van der Waals surface area contributed by atoms with Crippen molar-refractivity contribution in [3.05, 3.63) is 29.0 Å². The van der Waals surface area contributed by atoms with Gasteiger partial charge >= 0.3 is 6.03 Å². The zero-order valence-electron chi connectivity index (χ0n) is 12.0. The van der Waals surface area contributed by atoms with Gasteiger partial charge in [-0.25, -0.2) is 9.18 Å². The molecule has 0 radical (unpaired) electrons. The van der Waals surface area contributed by atoms with Crippen molar-refractivity contribution < 1.29 is 14.3 Å². The van der Waals surface area contributed by atoms with Crippen molar-refractivity contribution in [2.45, 2.75) is 31.8 Å². The summed E-state index contributed by atoms with van der Waals surface area (Å²) in [4.78, 5) is 13.6. The van der Waals surface area contributed by atoms with Crippen LogP contribution in [-0.4, -0.2) is 35.7 Å². The van der Waals surface area contributed by atoms with Crippen LogP contribution in [-0.2, 0) is 0 Å². The minimum Gasteiger partial charge on any atom is -0.393 e. The van der Waals surface area contributed by atoms with Crippen LogP contribution in [0.15, 0.2) is 18.2 Å². The Kier molecular flexibility index (Phi) is 5.42. The molecule has 1 aromatic rings. The number of urea groups is 1. The fraction of sp³-hybridized carbons (Fsp3) is 0.533. The zero-order chi connectivity index (χ0) is 15.4. The molecule has 2 N–H and O–H groups in total. The monoisotopic (exact) mass is 314 g/mol.